The first-order chi connectivity index (χ1) is 6.88. The zero-order chi connectivity index (χ0) is 10.2. The van der Waals surface area contributed by atoms with Gasteiger partial charge in [-0.15, -0.1) is 0 Å². The smallest absolute Gasteiger partial charge is 0.00956 e. The lowest BCUT2D eigenvalue weighted by Gasteiger charge is -2.23. The summed E-state index contributed by atoms with van der Waals surface area (Å²) in [7, 11) is 0. The molecule has 1 fully saturated rings. The summed E-state index contributed by atoms with van der Waals surface area (Å²) in [6.45, 7) is 7.34. The molecule has 0 spiro atoms. The minimum absolute atomic E-state index is 0. The topological polar surface area (TPSA) is 3.24 Å². The molecule has 1 rings (SSSR count). The predicted molar refractivity (Wildman–Crippen MR) is 66.1 cm³/mol. The molecule has 0 amide bonds. The van der Waals surface area contributed by atoms with Gasteiger partial charge in [-0.1, -0.05) is 39.5 Å². The zero-order valence-corrected chi connectivity index (χ0v) is 10.5. The van der Waals surface area contributed by atoms with Gasteiger partial charge in [-0.25, -0.2) is 0 Å². The molecule has 2 heteroatoms. The molecule has 15 heavy (non-hydrogen) atoms. The fourth-order valence-electron chi connectivity index (χ4n) is 2.59. The van der Waals surface area contributed by atoms with Gasteiger partial charge >= 0.3 is 0 Å². The molecule has 0 saturated carbocycles. The van der Waals surface area contributed by atoms with E-state index in [0.717, 1.165) is 6.04 Å². The van der Waals surface area contributed by atoms with Crippen molar-refractivity contribution >= 4 is 0 Å². The fraction of sp³-hybridized carbons (Fsp3) is 1.00. The van der Waals surface area contributed by atoms with E-state index in [1.54, 1.807) is 0 Å². The highest BCUT2D eigenvalue weighted by atomic mass is 19.0. The quantitative estimate of drug-likeness (QED) is 0.583. The first-order valence-corrected chi connectivity index (χ1v) is 6.62. The van der Waals surface area contributed by atoms with Gasteiger partial charge in [-0.05, 0) is 38.8 Å². The number of rotatable bonds is 7. The summed E-state index contributed by atoms with van der Waals surface area (Å²) in [6.07, 6.45) is 11.3. The van der Waals surface area contributed by atoms with Crippen LogP contribution in [0.2, 0.25) is 0 Å². The largest absolute Gasteiger partial charge is 0.300 e. The molecule has 1 aliphatic rings. The first-order valence-electron chi connectivity index (χ1n) is 6.62. The molecule has 1 atom stereocenters. The maximum absolute atomic E-state index is 2.74. The summed E-state index contributed by atoms with van der Waals surface area (Å²) in [4.78, 5) is 2.74. The van der Waals surface area contributed by atoms with Gasteiger partial charge in [0.25, 0.3) is 0 Å². The third kappa shape index (κ3) is 5.50. The van der Waals surface area contributed by atoms with Crippen molar-refractivity contribution in [3.05, 3.63) is 0 Å². The molecule has 1 saturated heterocycles. The van der Waals surface area contributed by atoms with Crippen LogP contribution in [-0.4, -0.2) is 24.0 Å². The molecule has 0 radical (unpaired) electrons. The number of hydrogen-bond acceptors (Lipinski definition) is 1. The van der Waals surface area contributed by atoms with Crippen LogP contribution >= 0.6 is 0 Å². The number of likely N-dealkylation sites (tertiary alicyclic amines) is 1. The van der Waals surface area contributed by atoms with Crippen LogP contribution in [0.5, 0.6) is 0 Å². The van der Waals surface area contributed by atoms with E-state index in [-0.39, 0.29) is 4.70 Å². The Bertz CT molecular complexity index is 138. The minimum Gasteiger partial charge on any atom is -0.300 e. The third-order valence-electron chi connectivity index (χ3n) is 3.42. The summed E-state index contributed by atoms with van der Waals surface area (Å²) >= 11 is 0. The van der Waals surface area contributed by atoms with Crippen molar-refractivity contribution in [3.8, 4) is 0 Å². The molecule has 0 aromatic rings. The van der Waals surface area contributed by atoms with Gasteiger partial charge in [-0.2, -0.15) is 0 Å². The van der Waals surface area contributed by atoms with Crippen LogP contribution in [0, 0.1) is 0 Å². The molecule has 0 bridgehead atoms. The zero-order valence-electron chi connectivity index (χ0n) is 10.5. The van der Waals surface area contributed by atoms with Gasteiger partial charge < -0.3 is 4.90 Å². The Morgan fingerprint density at radius 2 is 1.87 bits per heavy atom. The molecule has 0 N–H and O–H groups in total. The maximum Gasteiger partial charge on any atom is 0.00956 e. The van der Waals surface area contributed by atoms with Crippen molar-refractivity contribution in [2.75, 3.05) is 13.1 Å². The van der Waals surface area contributed by atoms with Crippen LogP contribution in [0.1, 0.15) is 65.2 Å². The maximum atomic E-state index is 2.74. The predicted octanol–water partition coefficient (Wildman–Crippen LogP) is 3.98. The normalized spacial score (nSPS) is 21.6. The highest BCUT2D eigenvalue weighted by Crippen LogP contribution is 2.21. The molecule has 0 aliphatic carbocycles. The van der Waals surface area contributed by atoms with Gasteiger partial charge in [0.1, 0.15) is 0 Å². The summed E-state index contributed by atoms with van der Waals surface area (Å²) in [6, 6.07) is 0.932. The number of unbranched alkanes of at least 4 members (excludes halogenated alkanes) is 3. The van der Waals surface area contributed by atoms with Crippen LogP contribution < -0.4 is 0 Å². The molecule has 0 aromatic carbocycles. The monoisotopic (exact) mass is 217 g/mol. The van der Waals surface area contributed by atoms with E-state index in [1.807, 2.05) is 0 Å². The van der Waals surface area contributed by atoms with E-state index in [0.29, 0.717) is 0 Å². The Labute approximate surface area is 94.6 Å². The van der Waals surface area contributed by atoms with Crippen molar-refractivity contribution in [3.63, 3.8) is 0 Å². The minimum atomic E-state index is 0. The Balaban J connectivity index is 0.00000196. The van der Waals surface area contributed by atoms with Gasteiger partial charge in [0.15, 0.2) is 0 Å². The molecule has 1 unspecified atom stereocenters. The highest BCUT2D eigenvalue weighted by Gasteiger charge is 2.22. The first kappa shape index (κ1) is 14.9. The van der Waals surface area contributed by atoms with Crippen LogP contribution in [0.3, 0.4) is 0 Å². The molecule has 1 heterocycles. The molecule has 0 aromatic heterocycles. The summed E-state index contributed by atoms with van der Waals surface area (Å²) < 4.78 is 0. The van der Waals surface area contributed by atoms with E-state index in [1.165, 1.54) is 64.5 Å². The summed E-state index contributed by atoms with van der Waals surface area (Å²) in [5.41, 5.74) is 0. The summed E-state index contributed by atoms with van der Waals surface area (Å²) in [5.74, 6) is 0. The van der Waals surface area contributed by atoms with E-state index < -0.39 is 0 Å². The standard InChI is InChI=1S/C13H27N.FH/c1-3-5-6-7-11-14-12-8-10-13(14)9-4-2;/h13H,3-12H2,1-2H3;1H. The molecule has 1 nitrogen and oxygen atoms in total. The summed E-state index contributed by atoms with van der Waals surface area (Å²) in [5, 5.41) is 0. The van der Waals surface area contributed by atoms with Crippen LogP contribution in [0.4, 0.5) is 4.70 Å². The van der Waals surface area contributed by atoms with E-state index in [2.05, 4.69) is 18.7 Å². The van der Waals surface area contributed by atoms with Crippen molar-refractivity contribution < 1.29 is 4.70 Å². The Morgan fingerprint density at radius 3 is 2.53 bits per heavy atom. The average molecular weight is 217 g/mol. The number of halogens is 1. The fourth-order valence-corrected chi connectivity index (χ4v) is 2.59. The van der Waals surface area contributed by atoms with E-state index in [9.17, 15) is 0 Å². The Kier molecular flexibility index (Phi) is 9.07. The van der Waals surface area contributed by atoms with Crippen molar-refractivity contribution in [1.82, 2.24) is 4.90 Å². The molecular formula is C13H28FN. The third-order valence-corrected chi connectivity index (χ3v) is 3.42. The van der Waals surface area contributed by atoms with Gasteiger partial charge in [-0.3, -0.25) is 4.70 Å². The average Bonchev–Trinajstić information content (AvgIpc) is 2.61. The SMILES string of the molecule is CCCCCCN1CCCC1CCC.F. The van der Waals surface area contributed by atoms with Crippen molar-refractivity contribution in [2.24, 2.45) is 0 Å². The molecule has 92 valence electrons. The lowest BCUT2D eigenvalue weighted by Crippen LogP contribution is -2.30. The molecular weight excluding hydrogens is 189 g/mol. The second-order valence-electron chi connectivity index (χ2n) is 4.68. The van der Waals surface area contributed by atoms with Crippen molar-refractivity contribution in [1.29, 1.82) is 0 Å². The highest BCUT2D eigenvalue weighted by molar-refractivity contribution is 4.78. The van der Waals surface area contributed by atoms with Gasteiger partial charge in [0, 0.05) is 6.04 Å². The second kappa shape index (κ2) is 9.14. The Morgan fingerprint density at radius 1 is 1.07 bits per heavy atom. The van der Waals surface area contributed by atoms with Crippen LogP contribution in [-0.2, 0) is 0 Å². The van der Waals surface area contributed by atoms with Gasteiger partial charge in [0.2, 0.25) is 0 Å². The lowest BCUT2D eigenvalue weighted by atomic mass is 10.1. The number of nitrogens with zero attached hydrogens (tertiary/aromatic N) is 1. The number of hydrogen-bond donors (Lipinski definition) is 0. The lowest BCUT2D eigenvalue weighted by molar-refractivity contribution is 0.236. The molecule has 1 aliphatic heterocycles. The van der Waals surface area contributed by atoms with Crippen LogP contribution in [0.15, 0.2) is 0 Å². The van der Waals surface area contributed by atoms with E-state index >= 15 is 0 Å². The van der Waals surface area contributed by atoms with Crippen LogP contribution in [0.25, 0.3) is 0 Å². The van der Waals surface area contributed by atoms with Crippen molar-refractivity contribution in [2.45, 2.75) is 71.3 Å². The Hall–Kier alpha value is -0.110. The van der Waals surface area contributed by atoms with E-state index in [4.69, 9.17) is 0 Å². The van der Waals surface area contributed by atoms with Gasteiger partial charge in [0.05, 0.1) is 0 Å². The second-order valence-corrected chi connectivity index (χ2v) is 4.68.